The highest BCUT2D eigenvalue weighted by Gasteiger charge is 2.29. The van der Waals surface area contributed by atoms with Crippen LogP contribution in [-0.2, 0) is 4.79 Å². The van der Waals surface area contributed by atoms with Gasteiger partial charge in [0.25, 0.3) is 0 Å². The van der Waals surface area contributed by atoms with Crippen molar-refractivity contribution in [1.29, 1.82) is 0 Å². The van der Waals surface area contributed by atoms with Crippen LogP contribution in [0.3, 0.4) is 0 Å². The molecule has 18 heavy (non-hydrogen) atoms. The van der Waals surface area contributed by atoms with Crippen LogP contribution in [0.2, 0.25) is 0 Å². The summed E-state index contributed by atoms with van der Waals surface area (Å²) in [5, 5.41) is 12.9. The molecule has 0 spiro atoms. The van der Waals surface area contributed by atoms with Crippen molar-refractivity contribution in [2.24, 2.45) is 0 Å². The smallest absolute Gasteiger partial charge is 0.323 e. The number of hydrogen-bond donors (Lipinski definition) is 2. The third-order valence-electron chi connectivity index (χ3n) is 2.90. The van der Waals surface area contributed by atoms with Gasteiger partial charge in [-0.05, 0) is 38.6 Å². The van der Waals surface area contributed by atoms with E-state index in [9.17, 15) is 4.79 Å². The van der Waals surface area contributed by atoms with E-state index in [0.29, 0.717) is 6.42 Å². The van der Waals surface area contributed by atoms with Gasteiger partial charge in [0.2, 0.25) is 0 Å². The van der Waals surface area contributed by atoms with Crippen LogP contribution >= 0.6 is 11.8 Å². The number of hydrogen-bond acceptors (Lipinski definition) is 5. The van der Waals surface area contributed by atoms with E-state index in [-0.39, 0.29) is 0 Å². The Morgan fingerprint density at radius 1 is 1.56 bits per heavy atom. The summed E-state index contributed by atoms with van der Waals surface area (Å²) < 4.78 is 0. The van der Waals surface area contributed by atoms with Crippen LogP contribution in [0.5, 0.6) is 0 Å². The highest BCUT2D eigenvalue weighted by Crippen LogP contribution is 2.18. The first-order valence-electron chi connectivity index (χ1n) is 5.89. The molecule has 100 valence electrons. The molecule has 1 unspecified atom stereocenters. The minimum absolute atomic E-state index is 0.628. The molecule has 1 rings (SSSR count). The summed E-state index contributed by atoms with van der Waals surface area (Å²) in [6.07, 6.45) is 5.73. The van der Waals surface area contributed by atoms with E-state index in [1.165, 1.54) is 6.33 Å². The lowest BCUT2D eigenvalue weighted by atomic mass is 9.95. The highest BCUT2D eigenvalue weighted by atomic mass is 32.2. The average Bonchev–Trinajstić information content (AvgIpc) is 2.39. The Bertz CT molecular complexity index is 375. The number of rotatable bonds is 8. The molecule has 0 saturated heterocycles. The number of aromatic nitrogens is 2. The normalized spacial score (nSPS) is 14.1. The fourth-order valence-electron chi connectivity index (χ4n) is 1.46. The van der Waals surface area contributed by atoms with Gasteiger partial charge >= 0.3 is 5.97 Å². The largest absolute Gasteiger partial charge is 0.480 e. The molecule has 1 aromatic rings. The van der Waals surface area contributed by atoms with Gasteiger partial charge in [-0.1, -0.05) is 6.42 Å². The Morgan fingerprint density at radius 2 is 2.33 bits per heavy atom. The van der Waals surface area contributed by atoms with Crippen molar-refractivity contribution in [2.75, 3.05) is 12.8 Å². The van der Waals surface area contributed by atoms with Gasteiger partial charge < -0.3 is 10.4 Å². The van der Waals surface area contributed by atoms with Crippen LogP contribution in [0.4, 0.5) is 0 Å². The van der Waals surface area contributed by atoms with E-state index in [1.807, 2.05) is 6.07 Å². The Balaban J connectivity index is 2.21. The van der Waals surface area contributed by atoms with E-state index in [4.69, 9.17) is 5.11 Å². The monoisotopic (exact) mass is 269 g/mol. The molecule has 2 N–H and O–H groups in total. The summed E-state index contributed by atoms with van der Waals surface area (Å²) in [7, 11) is 1.68. The van der Waals surface area contributed by atoms with Crippen molar-refractivity contribution in [2.45, 2.75) is 36.8 Å². The predicted octanol–water partition coefficient (Wildman–Crippen LogP) is 1.80. The van der Waals surface area contributed by atoms with E-state index >= 15 is 0 Å². The number of unbranched alkanes of at least 4 members (excludes halogenated alkanes) is 1. The van der Waals surface area contributed by atoms with E-state index in [2.05, 4.69) is 15.3 Å². The predicted molar refractivity (Wildman–Crippen MR) is 71.7 cm³/mol. The molecule has 0 aliphatic heterocycles. The molecule has 0 aliphatic carbocycles. The summed E-state index contributed by atoms with van der Waals surface area (Å²) in [4.78, 5) is 19.0. The molecular weight excluding hydrogens is 250 g/mol. The van der Waals surface area contributed by atoms with E-state index < -0.39 is 11.5 Å². The van der Waals surface area contributed by atoms with Crippen molar-refractivity contribution in [3.63, 3.8) is 0 Å². The first-order chi connectivity index (χ1) is 8.58. The van der Waals surface area contributed by atoms with Crippen LogP contribution < -0.4 is 5.32 Å². The number of aliphatic carboxylic acids is 1. The third-order valence-corrected chi connectivity index (χ3v) is 3.93. The molecule has 0 aromatic carbocycles. The van der Waals surface area contributed by atoms with Crippen LogP contribution in [-0.4, -0.2) is 39.4 Å². The second-order valence-electron chi connectivity index (χ2n) is 4.24. The molecule has 0 bridgehead atoms. The molecule has 6 heteroatoms. The number of carbonyl (C=O) groups is 1. The van der Waals surface area contributed by atoms with E-state index in [1.54, 1.807) is 31.9 Å². The van der Waals surface area contributed by atoms with Gasteiger partial charge in [0, 0.05) is 6.20 Å². The number of carboxylic acid groups (broad SMARTS) is 1. The summed E-state index contributed by atoms with van der Waals surface area (Å²) in [6, 6.07) is 1.87. The van der Waals surface area contributed by atoms with Crippen LogP contribution in [0.1, 0.15) is 26.2 Å². The van der Waals surface area contributed by atoms with E-state index in [0.717, 1.165) is 23.6 Å². The second-order valence-corrected chi connectivity index (χ2v) is 5.36. The molecule has 0 amide bonds. The maximum absolute atomic E-state index is 11.1. The van der Waals surface area contributed by atoms with Gasteiger partial charge in [-0.15, -0.1) is 11.8 Å². The standard InChI is InChI=1S/C12H19N3O2S/c1-12(13-2,11(16)17)6-3-4-8-18-10-5-7-14-9-15-10/h5,7,9,13H,3-4,6,8H2,1-2H3,(H,16,17). The van der Waals surface area contributed by atoms with Crippen molar-refractivity contribution in [3.8, 4) is 0 Å². The first-order valence-corrected chi connectivity index (χ1v) is 6.88. The molecule has 0 fully saturated rings. The maximum Gasteiger partial charge on any atom is 0.323 e. The lowest BCUT2D eigenvalue weighted by Crippen LogP contribution is -2.47. The number of thioether (sulfide) groups is 1. The second kappa shape index (κ2) is 7.33. The number of nitrogens with zero attached hydrogens (tertiary/aromatic N) is 2. The molecule has 5 nitrogen and oxygen atoms in total. The molecule has 0 aliphatic rings. The summed E-state index contributed by atoms with van der Waals surface area (Å²) in [5.41, 5.74) is -0.820. The molecule has 0 radical (unpaired) electrons. The lowest BCUT2D eigenvalue weighted by Gasteiger charge is -2.23. The zero-order valence-corrected chi connectivity index (χ0v) is 11.5. The Morgan fingerprint density at radius 3 is 2.89 bits per heavy atom. The topological polar surface area (TPSA) is 75.1 Å². The molecule has 1 aromatic heterocycles. The number of likely N-dealkylation sites (N-methyl/N-ethyl adjacent to an activating group) is 1. The van der Waals surface area contributed by atoms with Crippen molar-refractivity contribution < 1.29 is 9.90 Å². The summed E-state index contributed by atoms with van der Waals surface area (Å²) >= 11 is 1.67. The lowest BCUT2D eigenvalue weighted by molar-refractivity contribution is -0.144. The quantitative estimate of drug-likeness (QED) is 0.426. The molecule has 1 heterocycles. The van der Waals surface area contributed by atoms with Crippen LogP contribution in [0, 0.1) is 0 Å². The van der Waals surface area contributed by atoms with Crippen LogP contribution in [0.25, 0.3) is 0 Å². The third kappa shape index (κ3) is 4.62. The van der Waals surface area contributed by atoms with Gasteiger partial charge in [-0.2, -0.15) is 0 Å². The number of carboxylic acids is 1. The molecule has 1 atom stereocenters. The minimum Gasteiger partial charge on any atom is -0.480 e. The maximum atomic E-state index is 11.1. The zero-order chi connectivity index (χ0) is 13.4. The van der Waals surface area contributed by atoms with Gasteiger partial charge in [0.05, 0.1) is 5.03 Å². The SMILES string of the molecule is CNC(C)(CCCCSc1ccncn1)C(=O)O. The Labute approximate surface area is 111 Å². The van der Waals surface area contributed by atoms with Crippen molar-refractivity contribution >= 4 is 17.7 Å². The highest BCUT2D eigenvalue weighted by molar-refractivity contribution is 7.99. The van der Waals surface area contributed by atoms with Gasteiger partial charge in [-0.25, -0.2) is 9.97 Å². The van der Waals surface area contributed by atoms with Crippen molar-refractivity contribution in [3.05, 3.63) is 18.6 Å². The summed E-state index contributed by atoms with van der Waals surface area (Å²) in [5.74, 6) is 0.143. The fourth-order valence-corrected chi connectivity index (χ4v) is 2.30. The van der Waals surface area contributed by atoms with Gasteiger partial charge in [-0.3, -0.25) is 4.79 Å². The zero-order valence-electron chi connectivity index (χ0n) is 10.7. The number of nitrogens with one attached hydrogen (secondary N) is 1. The fraction of sp³-hybridized carbons (Fsp3) is 0.583. The van der Waals surface area contributed by atoms with Crippen molar-refractivity contribution in [1.82, 2.24) is 15.3 Å². The Hall–Kier alpha value is -1.14. The first kappa shape index (κ1) is 14.9. The summed E-state index contributed by atoms with van der Waals surface area (Å²) in [6.45, 7) is 1.72. The average molecular weight is 269 g/mol. The van der Waals surface area contributed by atoms with Gasteiger partial charge in [0.1, 0.15) is 11.9 Å². The minimum atomic E-state index is -0.820. The molecule has 0 saturated carbocycles. The molecular formula is C12H19N3O2S. The Kier molecular flexibility index (Phi) is 6.07. The van der Waals surface area contributed by atoms with Crippen LogP contribution in [0.15, 0.2) is 23.6 Å². The van der Waals surface area contributed by atoms with Gasteiger partial charge in [0.15, 0.2) is 0 Å².